The molecule has 0 unspecified atom stereocenters. The fourth-order valence-corrected chi connectivity index (χ4v) is 14.4. The van der Waals surface area contributed by atoms with Crippen molar-refractivity contribution in [2.24, 2.45) is 0 Å². The van der Waals surface area contributed by atoms with Crippen molar-refractivity contribution in [3.05, 3.63) is 59.7 Å². The summed E-state index contributed by atoms with van der Waals surface area (Å²) in [6.07, 6.45) is 4.66. The molecule has 0 amide bonds. The van der Waals surface area contributed by atoms with Gasteiger partial charge < -0.3 is 0 Å². The molecule has 0 aromatic heterocycles. The maximum absolute atomic E-state index is 7.12. The number of para-hydroxylation sites is 2. The van der Waals surface area contributed by atoms with Gasteiger partial charge in [0.15, 0.2) is 0 Å². The molecule has 0 aliphatic heterocycles. The van der Waals surface area contributed by atoms with E-state index in [-0.39, 0.29) is 10.8 Å². The SMILES string of the molecule is CCC[CH2][Sn]([CH2]CCC)([O]c1ccccc1C(C)(C)C)[O]c1ccccc1C(C)(C)C. The molecule has 0 saturated heterocycles. The zero-order chi connectivity index (χ0) is 23.1. The van der Waals surface area contributed by atoms with Gasteiger partial charge in [-0.3, -0.25) is 0 Å². The summed E-state index contributed by atoms with van der Waals surface area (Å²) in [5.74, 6) is 2.07. The minimum atomic E-state index is -3.50. The van der Waals surface area contributed by atoms with Crippen molar-refractivity contribution in [2.45, 2.75) is 101 Å². The Morgan fingerprint density at radius 2 is 0.968 bits per heavy atom. The van der Waals surface area contributed by atoms with Crippen molar-refractivity contribution in [3.8, 4) is 11.5 Å². The Hall–Kier alpha value is -1.16. The van der Waals surface area contributed by atoms with Crippen LogP contribution in [0, 0.1) is 0 Å². The summed E-state index contributed by atoms with van der Waals surface area (Å²) in [6.45, 7) is 18.1. The van der Waals surface area contributed by atoms with E-state index in [1.165, 1.54) is 24.0 Å². The van der Waals surface area contributed by atoms with Crippen LogP contribution in [-0.4, -0.2) is 19.2 Å². The molecule has 0 aliphatic rings. The summed E-state index contributed by atoms with van der Waals surface area (Å²) in [7, 11) is 0. The van der Waals surface area contributed by atoms with Crippen molar-refractivity contribution in [1.29, 1.82) is 0 Å². The molecule has 0 bridgehead atoms. The van der Waals surface area contributed by atoms with Gasteiger partial charge in [0.1, 0.15) is 0 Å². The van der Waals surface area contributed by atoms with E-state index >= 15 is 0 Å². The van der Waals surface area contributed by atoms with Crippen LogP contribution in [0.25, 0.3) is 0 Å². The van der Waals surface area contributed by atoms with Crippen molar-refractivity contribution < 1.29 is 6.15 Å². The van der Waals surface area contributed by atoms with Crippen LogP contribution >= 0.6 is 0 Å². The maximum atomic E-state index is 7.12. The van der Waals surface area contributed by atoms with Crippen molar-refractivity contribution in [3.63, 3.8) is 0 Å². The van der Waals surface area contributed by atoms with Crippen LogP contribution in [0.4, 0.5) is 0 Å². The molecule has 0 N–H and O–H groups in total. The average molecular weight is 531 g/mol. The van der Waals surface area contributed by atoms with E-state index in [1.54, 1.807) is 0 Å². The molecule has 0 atom stereocenters. The molecule has 0 fully saturated rings. The Labute approximate surface area is 196 Å². The third-order valence-electron chi connectivity index (χ3n) is 5.80. The third kappa shape index (κ3) is 7.44. The summed E-state index contributed by atoms with van der Waals surface area (Å²) in [6, 6.07) is 17.2. The van der Waals surface area contributed by atoms with E-state index in [1.807, 2.05) is 0 Å². The first-order chi connectivity index (χ1) is 14.5. The number of unbranched alkanes of at least 4 members (excludes halogenated alkanes) is 2. The van der Waals surface area contributed by atoms with Crippen LogP contribution < -0.4 is 6.15 Å². The molecule has 2 rings (SSSR count). The fraction of sp³-hybridized carbons (Fsp3) is 0.571. The van der Waals surface area contributed by atoms with Crippen LogP contribution in [0.1, 0.15) is 92.2 Å². The second kappa shape index (κ2) is 11.1. The molecule has 0 spiro atoms. The molecule has 2 aromatic carbocycles. The van der Waals surface area contributed by atoms with Gasteiger partial charge in [0.25, 0.3) is 0 Å². The number of rotatable bonds is 10. The second-order valence-electron chi connectivity index (χ2n) is 10.8. The Kier molecular flexibility index (Phi) is 9.36. The average Bonchev–Trinajstić information content (AvgIpc) is 2.70. The van der Waals surface area contributed by atoms with E-state index in [2.05, 4.69) is 104 Å². The monoisotopic (exact) mass is 532 g/mol. The van der Waals surface area contributed by atoms with Crippen LogP contribution in [0.15, 0.2) is 48.5 Å². The topological polar surface area (TPSA) is 18.5 Å². The summed E-state index contributed by atoms with van der Waals surface area (Å²) in [5, 5.41) is 0. The fourth-order valence-electron chi connectivity index (χ4n) is 3.99. The van der Waals surface area contributed by atoms with Crippen molar-refractivity contribution in [2.75, 3.05) is 0 Å². The van der Waals surface area contributed by atoms with Gasteiger partial charge >= 0.3 is 197 Å². The third-order valence-corrected chi connectivity index (χ3v) is 15.6. The van der Waals surface area contributed by atoms with Gasteiger partial charge in [-0.2, -0.15) is 0 Å². The van der Waals surface area contributed by atoms with Crippen molar-refractivity contribution in [1.82, 2.24) is 0 Å². The van der Waals surface area contributed by atoms with Crippen LogP contribution in [0.2, 0.25) is 8.87 Å². The van der Waals surface area contributed by atoms with Gasteiger partial charge in [-0.1, -0.05) is 0 Å². The van der Waals surface area contributed by atoms with E-state index < -0.39 is 19.2 Å². The molecule has 0 saturated carbocycles. The molecule has 3 heteroatoms. The summed E-state index contributed by atoms with van der Waals surface area (Å²) in [4.78, 5) is 0. The van der Waals surface area contributed by atoms with E-state index in [4.69, 9.17) is 6.15 Å². The summed E-state index contributed by atoms with van der Waals surface area (Å²) < 4.78 is 16.4. The van der Waals surface area contributed by atoms with E-state index in [9.17, 15) is 0 Å². The van der Waals surface area contributed by atoms with Gasteiger partial charge in [0.2, 0.25) is 0 Å². The van der Waals surface area contributed by atoms with Gasteiger partial charge in [-0.25, -0.2) is 0 Å². The minimum absolute atomic E-state index is 0.0348. The standard InChI is InChI=1S/2C10H14O.2C4H9.Sn/c2*1-10(2,3)8-6-4-5-7-9(8)11;2*1-3-4-2;/h2*4-7,11H,1-3H3;2*1,3-4H2,2H3;/q;;;;+2/p-2. The molecule has 2 aromatic rings. The molecule has 31 heavy (non-hydrogen) atoms. The summed E-state index contributed by atoms with van der Waals surface area (Å²) in [5.41, 5.74) is 2.62. The number of hydrogen-bond acceptors (Lipinski definition) is 2. The molecular formula is C28H44O2Sn. The molecular weight excluding hydrogens is 487 g/mol. The normalized spacial score (nSPS) is 12.6. The zero-order valence-corrected chi connectivity index (χ0v) is 24.0. The van der Waals surface area contributed by atoms with E-state index in [0.29, 0.717) is 0 Å². The first-order valence-electron chi connectivity index (χ1n) is 12.1. The first kappa shape index (κ1) is 26.1. The molecule has 0 radical (unpaired) electrons. The van der Waals surface area contributed by atoms with E-state index in [0.717, 1.165) is 33.2 Å². The predicted octanol–water partition coefficient (Wildman–Crippen LogP) is 8.78. The quantitative estimate of drug-likeness (QED) is 0.286. The van der Waals surface area contributed by atoms with Gasteiger partial charge in [0.05, 0.1) is 0 Å². The number of hydrogen-bond donors (Lipinski definition) is 0. The Morgan fingerprint density at radius 1 is 0.613 bits per heavy atom. The van der Waals surface area contributed by atoms with Crippen LogP contribution in [0.3, 0.4) is 0 Å². The van der Waals surface area contributed by atoms with Crippen LogP contribution in [-0.2, 0) is 10.8 Å². The first-order valence-corrected chi connectivity index (χ1v) is 18.5. The van der Waals surface area contributed by atoms with Gasteiger partial charge in [-0.05, 0) is 0 Å². The Balaban J connectivity index is 2.55. The van der Waals surface area contributed by atoms with Gasteiger partial charge in [-0.15, -0.1) is 0 Å². The number of benzene rings is 2. The zero-order valence-electron chi connectivity index (χ0n) is 21.2. The predicted molar refractivity (Wildman–Crippen MR) is 137 cm³/mol. The molecule has 172 valence electrons. The molecule has 2 nitrogen and oxygen atoms in total. The second-order valence-corrected chi connectivity index (χ2v) is 20.0. The molecule has 0 heterocycles. The summed E-state index contributed by atoms with van der Waals surface area (Å²) >= 11 is -3.50. The Morgan fingerprint density at radius 3 is 1.29 bits per heavy atom. The Bertz CT molecular complexity index is 745. The van der Waals surface area contributed by atoms with Crippen LogP contribution in [0.5, 0.6) is 11.5 Å². The van der Waals surface area contributed by atoms with Crippen molar-refractivity contribution >= 4 is 19.2 Å². The van der Waals surface area contributed by atoms with Gasteiger partial charge in [0, 0.05) is 0 Å². The molecule has 0 aliphatic carbocycles.